The number of pyridine rings is 1. The lowest BCUT2D eigenvalue weighted by molar-refractivity contribution is -0.137. The normalized spacial score (nSPS) is 16.0. The van der Waals surface area contributed by atoms with Crippen molar-refractivity contribution < 1.29 is 17.9 Å². The first-order valence-corrected chi connectivity index (χ1v) is 8.58. The van der Waals surface area contributed by atoms with E-state index in [1.807, 2.05) is 12.1 Å². The van der Waals surface area contributed by atoms with E-state index in [-0.39, 0.29) is 5.82 Å². The largest absolute Gasteiger partial charge is 0.496 e. The van der Waals surface area contributed by atoms with E-state index in [1.165, 1.54) is 12.3 Å². The van der Waals surface area contributed by atoms with Gasteiger partial charge < -0.3 is 9.64 Å². The molecule has 2 heterocycles. The van der Waals surface area contributed by atoms with E-state index in [0.29, 0.717) is 37.7 Å². The molecular weight excluding hydrogens is 367 g/mol. The SMILES string of the molecule is COc1ccc(Cl)cc1CN1CCN(c2ncccc2C(F)(F)F)CC1. The molecule has 0 radical (unpaired) electrons. The van der Waals surface area contributed by atoms with Gasteiger partial charge >= 0.3 is 6.18 Å². The van der Waals surface area contributed by atoms with Crippen LogP contribution in [0.2, 0.25) is 5.02 Å². The van der Waals surface area contributed by atoms with Crippen LogP contribution in [0.5, 0.6) is 5.75 Å². The van der Waals surface area contributed by atoms with E-state index >= 15 is 0 Å². The zero-order valence-electron chi connectivity index (χ0n) is 14.3. The monoisotopic (exact) mass is 385 g/mol. The second-order valence-corrected chi connectivity index (χ2v) is 6.53. The number of rotatable bonds is 4. The molecule has 0 spiro atoms. The molecular formula is C18H19ClF3N3O. The Labute approximate surface area is 155 Å². The van der Waals surface area contributed by atoms with Crippen LogP contribution in [0.4, 0.5) is 19.0 Å². The molecule has 4 nitrogen and oxygen atoms in total. The maximum absolute atomic E-state index is 13.2. The van der Waals surface area contributed by atoms with E-state index in [4.69, 9.17) is 16.3 Å². The topological polar surface area (TPSA) is 28.6 Å². The predicted octanol–water partition coefficient (Wildman–Crippen LogP) is 4.08. The van der Waals surface area contributed by atoms with Gasteiger partial charge in [0, 0.05) is 49.5 Å². The summed E-state index contributed by atoms with van der Waals surface area (Å²) in [6.45, 7) is 2.84. The molecule has 2 aromatic rings. The van der Waals surface area contributed by atoms with Crippen molar-refractivity contribution >= 4 is 17.4 Å². The second-order valence-electron chi connectivity index (χ2n) is 6.09. The number of ether oxygens (including phenoxy) is 1. The van der Waals surface area contributed by atoms with Crippen molar-refractivity contribution in [2.45, 2.75) is 12.7 Å². The number of hydrogen-bond donors (Lipinski definition) is 0. The molecule has 0 saturated carbocycles. The van der Waals surface area contributed by atoms with Crippen LogP contribution in [-0.4, -0.2) is 43.2 Å². The first-order chi connectivity index (χ1) is 12.4. The average molecular weight is 386 g/mol. The molecule has 1 aliphatic rings. The molecule has 0 N–H and O–H groups in total. The highest BCUT2D eigenvalue weighted by Crippen LogP contribution is 2.35. The van der Waals surface area contributed by atoms with Gasteiger partial charge in [-0.1, -0.05) is 11.6 Å². The summed E-state index contributed by atoms with van der Waals surface area (Å²) < 4.78 is 44.9. The third-order valence-corrected chi connectivity index (χ3v) is 4.64. The summed E-state index contributed by atoms with van der Waals surface area (Å²) in [6.07, 6.45) is -3.01. The quantitative estimate of drug-likeness (QED) is 0.792. The van der Waals surface area contributed by atoms with E-state index in [1.54, 1.807) is 18.1 Å². The molecule has 1 fully saturated rings. The Morgan fingerprint density at radius 1 is 1.15 bits per heavy atom. The lowest BCUT2D eigenvalue weighted by atomic mass is 10.1. The number of alkyl halides is 3. The molecule has 0 atom stereocenters. The summed E-state index contributed by atoms with van der Waals surface area (Å²) in [5, 5.41) is 0.628. The minimum Gasteiger partial charge on any atom is -0.496 e. The van der Waals surface area contributed by atoms with Gasteiger partial charge in [-0.05, 0) is 30.3 Å². The van der Waals surface area contributed by atoms with E-state index in [0.717, 1.165) is 17.4 Å². The molecule has 3 rings (SSSR count). The number of aromatic nitrogens is 1. The lowest BCUT2D eigenvalue weighted by Crippen LogP contribution is -2.46. The first-order valence-electron chi connectivity index (χ1n) is 8.20. The van der Waals surface area contributed by atoms with E-state index in [2.05, 4.69) is 9.88 Å². The van der Waals surface area contributed by atoms with Crippen molar-refractivity contribution in [3.05, 3.63) is 52.7 Å². The van der Waals surface area contributed by atoms with Gasteiger partial charge in [0.25, 0.3) is 0 Å². The fraction of sp³-hybridized carbons (Fsp3) is 0.389. The van der Waals surface area contributed by atoms with Crippen molar-refractivity contribution in [3.8, 4) is 5.75 Å². The molecule has 0 amide bonds. The van der Waals surface area contributed by atoms with Crippen molar-refractivity contribution in [3.63, 3.8) is 0 Å². The zero-order chi connectivity index (χ0) is 18.7. The predicted molar refractivity (Wildman–Crippen MR) is 94.7 cm³/mol. The maximum atomic E-state index is 13.2. The third-order valence-electron chi connectivity index (χ3n) is 4.40. The fourth-order valence-electron chi connectivity index (χ4n) is 3.10. The molecule has 0 aliphatic carbocycles. The average Bonchev–Trinajstić information content (AvgIpc) is 2.62. The summed E-state index contributed by atoms with van der Waals surface area (Å²) in [7, 11) is 1.60. The third kappa shape index (κ3) is 4.22. The highest BCUT2D eigenvalue weighted by atomic mass is 35.5. The number of halogens is 4. The smallest absolute Gasteiger partial charge is 0.419 e. The molecule has 1 saturated heterocycles. The minimum absolute atomic E-state index is 0.0000129. The Bertz CT molecular complexity index is 762. The van der Waals surface area contributed by atoms with Crippen LogP contribution in [0.3, 0.4) is 0 Å². The number of hydrogen-bond acceptors (Lipinski definition) is 4. The highest BCUT2D eigenvalue weighted by molar-refractivity contribution is 6.30. The molecule has 1 aliphatic heterocycles. The Morgan fingerprint density at radius 3 is 2.54 bits per heavy atom. The maximum Gasteiger partial charge on any atom is 0.419 e. The van der Waals surface area contributed by atoms with Gasteiger partial charge in [0.15, 0.2) is 0 Å². The lowest BCUT2D eigenvalue weighted by Gasteiger charge is -2.36. The Balaban J connectivity index is 1.68. The number of piperazine rings is 1. The fourth-order valence-corrected chi connectivity index (χ4v) is 3.29. The summed E-state index contributed by atoms with van der Waals surface area (Å²) in [5.74, 6) is 0.751. The van der Waals surface area contributed by atoms with Crippen LogP contribution in [0.1, 0.15) is 11.1 Å². The van der Waals surface area contributed by atoms with Gasteiger partial charge in [-0.25, -0.2) is 4.98 Å². The van der Waals surface area contributed by atoms with Crippen molar-refractivity contribution in [1.29, 1.82) is 0 Å². The summed E-state index contributed by atoms with van der Waals surface area (Å²) in [6, 6.07) is 7.83. The van der Waals surface area contributed by atoms with Crippen LogP contribution in [0.15, 0.2) is 36.5 Å². The van der Waals surface area contributed by atoms with Gasteiger partial charge in [-0.2, -0.15) is 13.2 Å². The summed E-state index contributed by atoms with van der Waals surface area (Å²) >= 11 is 6.06. The van der Waals surface area contributed by atoms with Crippen LogP contribution < -0.4 is 9.64 Å². The van der Waals surface area contributed by atoms with Crippen molar-refractivity contribution in [2.75, 3.05) is 38.2 Å². The molecule has 26 heavy (non-hydrogen) atoms. The van der Waals surface area contributed by atoms with Gasteiger partial charge in [0.1, 0.15) is 11.6 Å². The highest BCUT2D eigenvalue weighted by Gasteiger charge is 2.36. The van der Waals surface area contributed by atoms with Gasteiger partial charge in [0.05, 0.1) is 12.7 Å². The van der Waals surface area contributed by atoms with Crippen LogP contribution in [-0.2, 0) is 12.7 Å². The Hall–Kier alpha value is -1.99. The molecule has 1 aromatic carbocycles. The summed E-state index contributed by atoms with van der Waals surface area (Å²) in [4.78, 5) is 7.82. The number of benzene rings is 1. The molecule has 0 bridgehead atoms. The zero-order valence-corrected chi connectivity index (χ0v) is 15.0. The summed E-state index contributed by atoms with van der Waals surface area (Å²) in [5.41, 5.74) is 0.271. The van der Waals surface area contributed by atoms with Gasteiger partial charge in [-0.3, -0.25) is 4.90 Å². The minimum atomic E-state index is -4.41. The standard InChI is InChI=1S/C18H19ClF3N3O/c1-26-16-5-4-14(19)11-13(16)12-24-7-9-25(10-8-24)17-15(18(20,21)22)3-2-6-23-17/h2-6,11H,7-10,12H2,1H3. The molecule has 1 aromatic heterocycles. The Morgan fingerprint density at radius 2 is 1.88 bits per heavy atom. The van der Waals surface area contributed by atoms with Crippen LogP contribution in [0, 0.1) is 0 Å². The molecule has 140 valence electrons. The van der Waals surface area contributed by atoms with Gasteiger partial charge in [0.2, 0.25) is 0 Å². The molecule has 8 heteroatoms. The van der Waals surface area contributed by atoms with Crippen molar-refractivity contribution in [1.82, 2.24) is 9.88 Å². The van der Waals surface area contributed by atoms with E-state index in [9.17, 15) is 13.2 Å². The van der Waals surface area contributed by atoms with E-state index < -0.39 is 11.7 Å². The number of methoxy groups -OCH3 is 1. The number of nitrogens with zero attached hydrogens (tertiary/aromatic N) is 3. The van der Waals surface area contributed by atoms with Crippen LogP contribution >= 0.6 is 11.6 Å². The Kier molecular flexibility index (Phi) is 5.58. The molecule has 0 unspecified atom stereocenters. The first kappa shape index (κ1) is 18.8. The van der Waals surface area contributed by atoms with Crippen molar-refractivity contribution in [2.24, 2.45) is 0 Å². The van der Waals surface area contributed by atoms with Crippen LogP contribution in [0.25, 0.3) is 0 Å². The number of anilines is 1. The second kappa shape index (κ2) is 7.72. The van der Waals surface area contributed by atoms with Gasteiger partial charge in [-0.15, -0.1) is 0 Å².